The highest BCUT2D eigenvalue weighted by Crippen LogP contribution is 2.11. The lowest BCUT2D eigenvalue weighted by atomic mass is 10.1. The van der Waals surface area contributed by atoms with Crippen LogP contribution in [0.3, 0.4) is 0 Å². The number of ether oxygens (including phenoxy) is 1. The Morgan fingerprint density at radius 2 is 1.35 bits per heavy atom. The molecule has 0 fully saturated rings. The Labute approximate surface area is 142 Å². The van der Waals surface area contributed by atoms with Gasteiger partial charge in [-0.15, -0.1) is 0 Å². The van der Waals surface area contributed by atoms with Crippen LogP contribution in [-0.2, 0) is 14.3 Å². The summed E-state index contributed by atoms with van der Waals surface area (Å²) in [5, 5.41) is 2.78. The molecule has 0 unspecified atom stereocenters. The second kappa shape index (κ2) is 15.8. The molecular weight excluding hydrogens is 290 g/mol. The molecule has 0 aliphatic carbocycles. The molecule has 4 nitrogen and oxygen atoms in total. The minimum absolute atomic E-state index is 0.195. The van der Waals surface area contributed by atoms with E-state index in [2.05, 4.69) is 19.2 Å². The predicted molar refractivity (Wildman–Crippen MR) is 95.3 cm³/mol. The van der Waals surface area contributed by atoms with E-state index in [1.807, 2.05) is 0 Å². The minimum Gasteiger partial charge on any atom is -0.453 e. The Balaban J connectivity index is 3.50. The van der Waals surface area contributed by atoms with Gasteiger partial charge in [-0.3, -0.25) is 9.59 Å². The number of carbonyl (C=O) groups excluding carboxylic acids is 2. The van der Waals surface area contributed by atoms with Gasteiger partial charge in [-0.2, -0.15) is 0 Å². The van der Waals surface area contributed by atoms with Crippen LogP contribution in [0.25, 0.3) is 0 Å². The van der Waals surface area contributed by atoms with Crippen LogP contribution in [-0.4, -0.2) is 24.5 Å². The number of esters is 1. The molecule has 136 valence electrons. The van der Waals surface area contributed by atoms with Crippen molar-refractivity contribution in [3.63, 3.8) is 0 Å². The highest BCUT2D eigenvalue weighted by molar-refractivity contribution is 5.83. The highest BCUT2D eigenvalue weighted by atomic mass is 16.5. The highest BCUT2D eigenvalue weighted by Gasteiger charge is 2.16. The van der Waals surface area contributed by atoms with Crippen LogP contribution >= 0.6 is 0 Å². The van der Waals surface area contributed by atoms with Gasteiger partial charge in [0.15, 0.2) is 6.10 Å². The molecule has 0 rings (SSSR count). The van der Waals surface area contributed by atoms with Crippen LogP contribution in [0.4, 0.5) is 0 Å². The van der Waals surface area contributed by atoms with Crippen molar-refractivity contribution in [3.05, 3.63) is 0 Å². The Morgan fingerprint density at radius 1 is 0.826 bits per heavy atom. The Morgan fingerprint density at radius 3 is 1.91 bits per heavy atom. The summed E-state index contributed by atoms with van der Waals surface area (Å²) >= 11 is 0. The number of rotatable bonds is 15. The minimum atomic E-state index is -0.682. The van der Waals surface area contributed by atoms with E-state index >= 15 is 0 Å². The lowest BCUT2D eigenvalue weighted by molar-refractivity contribution is -0.154. The van der Waals surface area contributed by atoms with E-state index in [1.54, 1.807) is 6.92 Å². The van der Waals surface area contributed by atoms with Crippen LogP contribution < -0.4 is 5.32 Å². The second-order valence-corrected chi connectivity index (χ2v) is 6.36. The first kappa shape index (κ1) is 21.9. The summed E-state index contributed by atoms with van der Waals surface area (Å²) < 4.78 is 5.16. The predicted octanol–water partition coefficient (Wildman–Crippen LogP) is 4.76. The molecule has 0 saturated carbocycles. The molecule has 0 heterocycles. The fourth-order valence-corrected chi connectivity index (χ4v) is 2.42. The number of amides is 1. The van der Waals surface area contributed by atoms with Crippen LogP contribution in [0, 0.1) is 0 Å². The van der Waals surface area contributed by atoms with E-state index in [-0.39, 0.29) is 11.9 Å². The molecule has 1 amide bonds. The summed E-state index contributed by atoms with van der Waals surface area (Å²) in [5.74, 6) is -0.454. The van der Waals surface area contributed by atoms with Crippen LogP contribution in [0.2, 0.25) is 0 Å². The first-order valence-corrected chi connectivity index (χ1v) is 9.59. The Bertz CT molecular complexity index is 305. The zero-order chi connectivity index (χ0) is 17.3. The summed E-state index contributed by atoms with van der Waals surface area (Å²) in [6.45, 7) is 6.58. The quantitative estimate of drug-likeness (QED) is 0.349. The molecule has 0 radical (unpaired) electrons. The third-order valence-corrected chi connectivity index (χ3v) is 3.99. The van der Waals surface area contributed by atoms with Crippen molar-refractivity contribution < 1.29 is 14.3 Å². The normalized spacial score (nSPS) is 12.0. The van der Waals surface area contributed by atoms with E-state index < -0.39 is 6.10 Å². The summed E-state index contributed by atoms with van der Waals surface area (Å²) in [7, 11) is 0. The van der Waals surface area contributed by atoms with Crippen molar-refractivity contribution in [1.82, 2.24) is 5.32 Å². The van der Waals surface area contributed by atoms with Crippen molar-refractivity contribution >= 4 is 11.9 Å². The van der Waals surface area contributed by atoms with E-state index in [1.165, 1.54) is 44.9 Å². The molecule has 4 heteroatoms. The van der Waals surface area contributed by atoms with Crippen LogP contribution in [0.1, 0.15) is 97.8 Å². The number of nitrogens with one attached hydrogen (secondary N) is 1. The molecule has 1 N–H and O–H groups in total. The second-order valence-electron chi connectivity index (χ2n) is 6.36. The first-order valence-electron chi connectivity index (χ1n) is 9.59. The SMILES string of the molecule is CCCCCCCCCCCC(=O)O[C@@H](C)C(=O)NCCCC. The first-order chi connectivity index (χ1) is 11.1. The lowest BCUT2D eigenvalue weighted by Gasteiger charge is -2.13. The summed E-state index contributed by atoms with van der Waals surface area (Å²) in [4.78, 5) is 23.4. The molecule has 1 atom stereocenters. The van der Waals surface area contributed by atoms with Gasteiger partial charge in [0.05, 0.1) is 0 Å². The van der Waals surface area contributed by atoms with Crippen LogP contribution in [0.15, 0.2) is 0 Å². The van der Waals surface area contributed by atoms with Crippen molar-refractivity contribution in [2.24, 2.45) is 0 Å². The van der Waals surface area contributed by atoms with Gasteiger partial charge in [-0.25, -0.2) is 0 Å². The molecule has 0 saturated heterocycles. The fraction of sp³-hybridized carbons (Fsp3) is 0.895. The van der Waals surface area contributed by atoms with Gasteiger partial charge in [0.1, 0.15) is 0 Å². The molecular formula is C19H37NO3. The van der Waals surface area contributed by atoms with E-state index in [4.69, 9.17) is 4.74 Å². The average molecular weight is 328 g/mol. The molecule has 0 aromatic rings. The van der Waals surface area contributed by atoms with Crippen LogP contribution in [0.5, 0.6) is 0 Å². The van der Waals surface area contributed by atoms with Gasteiger partial charge < -0.3 is 10.1 Å². The topological polar surface area (TPSA) is 55.4 Å². The smallest absolute Gasteiger partial charge is 0.306 e. The Kier molecular flexibility index (Phi) is 15.1. The van der Waals surface area contributed by atoms with Gasteiger partial charge in [0.25, 0.3) is 5.91 Å². The van der Waals surface area contributed by atoms with E-state index in [9.17, 15) is 9.59 Å². The van der Waals surface area contributed by atoms with E-state index in [0.29, 0.717) is 13.0 Å². The largest absolute Gasteiger partial charge is 0.453 e. The summed E-state index contributed by atoms with van der Waals surface area (Å²) in [6, 6.07) is 0. The molecule has 0 aliphatic heterocycles. The zero-order valence-electron chi connectivity index (χ0n) is 15.5. The maximum atomic E-state index is 11.7. The number of hydrogen-bond acceptors (Lipinski definition) is 3. The standard InChI is InChI=1S/C19H37NO3/c1-4-6-8-9-10-11-12-13-14-15-18(21)23-17(3)19(22)20-16-7-5-2/h17H,4-16H2,1-3H3,(H,20,22)/t17-/m0/s1. The van der Waals surface area contributed by atoms with Crippen molar-refractivity contribution in [2.45, 2.75) is 104 Å². The molecule has 0 aromatic heterocycles. The monoisotopic (exact) mass is 327 g/mol. The van der Waals surface area contributed by atoms with E-state index in [0.717, 1.165) is 25.7 Å². The Hall–Kier alpha value is -1.06. The third kappa shape index (κ3) is 14.3. The van der Waals surface area contributed by atoms with Gasteiger partial charge in [0.2, 0.25) is 0 Å². The summed E-state index contributed by atoms with van der Waals surface area (Å²) in [5.41, 5.74) is 0. The molecule has 0 spiro atoms. The molecule has 23 heavy (non-hydrogen) atoms. The average Bonchev–Trinajstić information content (AvgIpc) is 2.53. The maximum absolute atomic E-state index is 11.7. The fourth-order valence-electron chi connectivity index (χ4n) is 2.42. The molecule has 0 bridgehead atoms. The number of carbonyl (C=O) groups is 2. The zero-order valence-corrected chi connectivity index (χ0v) is 15.5. The summed E-state index contributed by atoms with van der Waals surface area (Å²) in [6.07, 6.45) is 12.7. The maximum Gasteiger partial charge on any atom is 0.306 e. The van der Waals surface area contributed by atoms with Crippen molar-refractivity contribution in [1.29, 1.82) is 0 Å². The van der Waals surface area contributed by atoms with Gasteiger partial charge in [-0.1, -0.05) is 71.6 Å². The molecule has 0 aromatic carbocycles. The van der Waals surface area contributed by atoms with Gasteiger partial charge in [-0.05, 0) is 19.8 Å². The molecule has 0 aliphatic rings. The van der Waals surface area contributed by atoms with Crippen molar-refractivity contribution in [2.75, 3.05) is 6.54 Å². The third-order valence-electron chi connectivity index (χ3n) is 3.99. The lowest BCUT2D eigenvalue weighted by Crippen LogP contribution is -2.36. The van der Waals surface area contributed by atoms with Gasteiger partial charge >= 0.3 is 5.97 Å². The number of unbranched alkanes of at least 4 members (excludes halogenated alkanes) is 9. The van der Waals surface area contributed by atoms with Gasteiger partial charge in [0, 0.05) is 13.0 Å². The van der Waals surface area contributed by atoms with Crippen molar-refractivity contribution in [3.8, 4) is 0 Å². The number of hydrogen-bond donors (Lipinski definition) is 1.